The molecule has 0 saturated heterocycles. The van der Waals surface area contributed by atoms with Crippen LogP contribution in [0.1, 0.15) is 17.5 Å². The van der Waals surface area contributed by atoms with Crippen molar-refractivity contribution in [1.82, 2.24) is 8.87 Å². The van der Waals surface area contributed by atoms with Crippen LogP contribution in [-0.4, -0.2) is 24.3 Å². The first-order valence-electron chi connectivity index (χ1n) is 6.32. The molecule has 0 radical (unpaired) electrons. The molecule has 0 N–H and O–H groups in total. The molecule has 0 aromatic carbocycles. The van der Waals surface area contributed by atoms with Gasteiger partial charge in [0.15, 0.2) is 0 Å². The van der Waals surface area contributed by atoms with Crippen LogP contribution >= 0.6 is 38.9 Å². The van der Waals surface area contributed by atoms with Crippen LogP contribution in [0, 0.1) is 0 Å². The van der Waals surface area contributed by atoms with E-state index in [1.807, 2.05) is 22.9 Å². The number of alkyl halides is 1. The van der Waals surface area contributed by atoms with Crippen LogP contribution in [0.5, 0.6) is 0 Å². The monoisotopic (exact) mass is 410 g/mol. The van der Waals surface area contributed by atoms with Gasteiger partial charge < -0.3 is 4.57 Å². The highest BCUT2D eigenvalue weighted by Crippen LogP contribution is 2.24. The quantitative estimate of drug-likeness (QED) is 0.677. The van der Waals surface area contributed by atoms with Crippen molar-refractivity contribution in [3.63, 3.8) is 0 Å². The predicted molar refractivity (Wildman–Crippen MR) is 90.3 cm³/mol. The minimum Gasteiger partial charge on any atom is -0.349 e. The van der Waals surface area contributed by atoms with Crippen molar-refractivity contribution in [1.29, 1.82) is 0 Å². The highest BCUT2D eigenvalue weighted by atomic mass is 79.9. The normalized spacial score (nSPS) is 12.2. The zero-order valence-electron chi connectivity index (χ0n) is 11.7. The number of sulfonamides is 1. The number of halogens is 2. The molecule has 0 spiro atoms. The van der Waals surface area contributed by atoms with Gasteiger partial charge in [0, 0.05) is 46.8 Å². The molecule has 0 unspecified atom stereocenters. The Morgan fingerprint density at radius 3 is 2.62 bits per heavy atom. The second-order valence-corrected chi connectivity index (χ2v) is 8.80. The van der Waals surface area contributed by atoms with Crippen molar-refractivity contribution in [2.24, 2.45) is 0 Å². The molecular formula is C13H16BrClN2O2S2. The largest absolute Gasteiger partial charge is 0.349 e. The molecule has 0 aliphatic rings. The van der Waals surface area contributed by atoms with E-state index in [0.29, 0.717) is 19.0 Å². The number of rotatable bonds is 6. The molecule has 0 aliphatic heterocycles. The van der Waals surface area contributed by atoms with Gasteiger partial charge >= 0.3 is 0 Å². The molecule has 2 rings (SSSR count). The molecule has 0 atom stereocenters. The molecule has 4 nitrogen and oxygen atoms in total. The maximum Gasteiger partial charge on any atom is 0.244 e. The first kappa shape index (κ1) is 17.0. The molecule has 0 aliphatic carbocycles. The van der Waals surface area contributed by atoms with Crippen molar-refractivity contribution in [3.05, 3.63) is 38.8 Å². The van der Waals surface area contributed by atoms with E-state index in [1.165, 1.54) is 15.6 Å². The van der Waals surface area contributed by atoms with Crippen LogP contribution in [0.15, 0.2) is 33.1 Å². The maximum absolute atomic E-state index is 12.6. The molecule has 2 aromatic rings. The summed E-state index contributed by atoms with van der Waals surface area (Å²) in [5.74, 6) is 0.297. The van der Waals surface area contributed by atoms with E-state index in [1.54, 1.807) is 19.3 Å². The average Bonchev–Trinajstić information content (AvgIpc) is 3.04. The summed E-state index contributed by atoms with van der Waals surface area (Å²) in [5.41, 5.74) is 0.810. The molecule has 0 amide bonds. The van der Waals surface area contributed by atoms with E-state index in [0.717, 1.165) is 15.0 Å². The molecule has 8 heteroatoms. The summed E-state index contributed by atoms with van der Waals surface area (Å²) in [6.45, 7) is 3.00. The predicted octanol–water partition coefficient (Wildman–Crippen LogP) is 3.89. The van der Waals surface area contributed by atoms with E-state index in [9.17, 15) is 8.42 Å². The number of aromatic nitrogens is 1. The Morgan fingerprint density at radius 1 is 1.43 bits per heavy atom. The van der Waals surface area contributed by atoms with Crippen molar-refractivity contribution >= 4 is 48.9 Å². The van der Waals surface area contributed by atoms with Crippen LogP contribution in [0.4, 0.5) is 0 Å². The van der Waals surface area contributed by atoms with Gasteiger partial charge in [-0.1, -0.05) is 0 Å². The van der Waals surface area contributed by atoms with Gasteiger partial charge in [0.25, 0.3) is 0 Å². The van der Waals surface area contributed by atoms with Crippen LogP contribution in [0.25, 0.3) is 0 Å². The van der Waals surface area contributed by atoms with Crippen molar-refractivity contribution < 1.29 is 8.42 Å². The Kier molecular flexibility index (Phi) is 5.54. The molecule has 0 fully saturated rings. The van der Waals surface area contributed by atoms with Gasteiger partial charge in [-0.3, -0.25) is 0 Å². The Hall–Kier alpha value is -0.340. The summed E-state index contributed by atoms with van der Waals surface area (Å²) >= 11 is 10.8. The average molecular weight is 412 g/mol. The van der Waals surface area contributed by atoms with Crippen molar-refractivity contribution in [3.8, 4) is 0 Å². The van der Waals surface area contributed by atoms with Gasteiger partial charge in [0.2, 0.25) is 10.0 Å². The number of aryl methyl sites for hydroxylation is 1. The third-order valence-electron chi connectivity index (χ3n) is 3.15. The van der Waals surface area contributed by atoms with Crippen LogP contribution < -0.4 is 0 Å². The van der Waals surface area contributed by atoms with Gasteiger partial charge in [0.1, 0.15) is 4.90 Å². The Labute approximate surface area is 142 Å². The maximum atomic E-state index is 12.6. The topological polar surface area (TPSA) is 42.3 Å². The summed E-state index contributed by atoms with van der Waals surface area (Å²) in [7, 11) is -1.91. The van der Waals surface area contributed by atoms with Gasteiger partial charge in [-0.25, -0.2) is 8.42 Å². The second-order valence-electron chi connectivity index (χ2n) is 4.58. The zero-order chi connectivity index (χ0) is 15.6. The standard InChI is InChI=1S/C13H16BrClN2O2S2/c1-3-17-8-13(5-11(17)6-15)21(18,19)16(2)7-12-4-10(14)9-20-12/h4-5,8-9H,3,6-7H2,1-2H3. The van der Waals surface area contributed by atoms with Crippen LogP contribution in [0.2, 0.25) is 0 Å². The first-order chi connectivity index (χ1) is 9.88. The van der Waals surface area contributed by atoms with Gasteiger partial charge in [-0.2, -0.15) is 4.31 Å². The molecule has 2 aromatic heterocycles. The molecule has 2 heterocycles. The summed E-state index contributed by atoms with van der Waals surface area (Å²) in [4.78, 5) is 1.28. The zero-order valence-corrected chi connectivity index (χ0v) is 15.7. The Bertz CT molecular complexity index is 703. The minimum absolute atomic E-state index is 0.290. The van der Waals surface area contributed by atoms with Crippen LogP contribution in [0.3, 0.4) is 0 Å². The smallest absolute Gasteiger partial charge is 0.244 e. The third kappa shape index (κ3) is 3.71. The summed E-state index contributed by atoms with van der Waals surface area (Å²) < 4.78 is 29.4. The Balaban J connectivity index is 2.26. The van der Waals surface area contributed by atoms with E-state index in [2.05, 4.69) is 15.9 Å². The lowest BCUT2D eigenvalue weighted by Crippen LogP contribution is -2.25. The molecular weight excluding hydrogens is 396 g/mol. The fraction of sp³-hybridized carbons (Fsp3) is 0.385. The third-order valence-corrected chi connectivity index (χ3v) is 6.87. The molecule has 0 bridgehead atoms. The summed E-state index contributed by atoms with van der Waals surface area (Å²) in [6.07, 6.45) is 1.65. The summed E-state index contributed by atoms with van der Waals surface area (Å²) in [6, 6.07) is 3.57. The van der Waals surface area contributed by atoms with Gasteiger partial charge in [0.05, 0.1) is 5.88 Å². The van der Waals surface area contributed by atoms with E-state index < -0.39 is 10.0 Å². The van der Waals surface area contributed by atoms with Crippen molar-refractivity contribution in [2.45, 2.75) is 30.8 Å². The lowest BCUT2D eigenvalue weighted by Gasteiger charge is -2.15. The number of thiophene rings is 1. The van der Waals surface area contributed by atoms with Crippen molar-refractivity contribution in [2.75, 3.05) is 7.05 Å². The number of hydrogen-bond acceptors (Lipinski definition) is 3. The van der Waals surface area contributed by atoms with Gasteiger partial charge in [-0.05, 0) is 35.0 Å². The highest BCUT2D eigenvalue weighted by molar-refractivity contribution is 9.10. The van der Waals surface area contributed by atoms with Gasteiger partial charge in [-0.15, -0.1) is 22.9 Å². The lowest BCUT2D eigenvalue weighted by atomic mass is 10.5. The SMILES string of the molecule is CCn1cc(S(=O)(=O)N(C)Cc2cc(Br)cs2)cc1CCl. The first-order valence-corrected chi connectivity index (χ1v) is 9.97. The summed E-state index contributed by atoms with van der Waals surface area (Å²) in [5, 5.41) is 1.94. The highest BCUT2D eigenvalue weighted by Gasteiger charge is 2.23. The fourth-order valence-electron chi connectivity index (χ4n) is 1.99. The molecule has 116 valence electrons. The number of nitrogens with zero attached hydrogens (tertiary/aromatic N) is 2. The second kappa shape index (κ2) is 6.83. The molecule has 21 heavy (non-hydrogen) atoms. The van der Waals surface area contributed by atoms with E-state index >= 15 is 0 Å². The minimum atomic E-state index is -3.50. The van der Waals surface area contributed by atoms with E-state index in [-0.39, 0.29) is 4.90 Å². The van der Waals surface area contributed by atoms with E-state index in [4.69, 9.17) is 11.6 Å². The lowest BCUT2D eigenvalue weighted by molar-refractivity contribution is 0.469. The van der Waals surface area contributed by atoms with Crippen LogP contribution in [-0.2, 0) is 29.0 Å². The fourth-order valence-corrected chi connectivity index (χ4v) is 5.02. The molecule has 0 saturated carbocycles. The Morgan fingerprint density at radius 2 is 2.14 bits per heavy atom. The number of hydrogen-bond donors (Lipinski definition) is 0.